The smallest absolute Gasteiger partial charge is 0.222 e. The number of nitrogens with zero attached hydrogens (tertiary/aromatic N) is 6. The molecule has 0 amide bonds. The van der Waals surface area contributed by atoms with E-state index in [1.165, 1.54) is 0 Å². The van der Waals surface area contributed by atoms with Gasteiger partial charge in [0.05, 0.1) is 30.6 Å². The number of hydrogen-bond donors (Lipinski definition) is 1. The number of fused-ring (bicyclic) bond motifs is 3. The molecule has 1 saturated heterocycles. The molecule has 0 aliphatic carbocycles. The van der Waals surface area contributed by atoms with Crippen molar-refractivity contribution in [1.82, 2.24) is 29.9 Å². The third kappa shape index (κ3) is 3.11. The molecule has 2 aromatic rings. The highest BCUT2D eigenvalue weighted by atomic mass is 16.5. The molecule has 2 aliphatic rings. The van der Waals surface area contributed by atoms with Gasteiger partial charge in [0.25, 0.3) is 0 Å². The number of anilines is 1. The largest absolute Gasteiger partial charge is 0.368 e. The maximum atomic E-state index is 6.01. The van der Waals surface area contributed by atoms with Crippen LogP contribution in [0.2, 0.25) is 0 Å². The molecule has 1 N–H and O–H groups in total. The summed E-state index contributed by atoms with van der Waals surface area (Å²) in [5, 5.41) is 11.4. The van der Waals surface area contributed by atoms with Gasteiger partial charge in [-0.15, -0.1) is 5.10 Å². The lowest BCUT2D eigenvalue weighted by Crippen LogP contribution is -2.48. The highest BCUT2D eigenvalue weighted by Crippen LogP contribution is 2.30. The van der Waals surface area contributed by atoms with Crippen LogP contribution in [0, 0.1) is 0 Å². The monoisotopic (exact) mass is 329 g/mol. The van der Waals surface area contributed by atoms with E-state index < -0.39 is 0 Å². The standard InChI is InChI=1S/C16H23N7O/c1-11(2)20-16-17-5-12(6-18-16)8-22-4-3-14-15(9-22)24-10-13-7-19-21-23(13)14/h5-7,11,14-15H,3-4,8-10H2,1-2H3,(H,17,18,20)/t14-,15-/m1/s1. The van der Waals surface area contributed by atoms with Gasteiger partial charge in [0, 0.05) is 43.6 Å². The van der Waals surface area contributed by atoms with Crippen molar-refractivity contribution in [3.63, 3.8) is 0 Å². The van der Waals surface area contributed by atoms with E-state index in [0.717, 1.165) is 37.3 Å². The van der Waals surface area contributed by atoms with Crippen LogP contribution in [-0.2, 0) is 17.9 Å². The maximum absolute atomic E-state index is 6.01. The Morgan fingerprint density at radius 1 is 1.29 bits per heavy atom. The Hall–Kier alpha value is -2.06. The molecule has 0 spiro atoms. The molecule has 24 heavy (non-hydrogen) atoms. The van der Waals surface area contributed by atoms with Crippen molar-refractivity contribution in [3.05, 3.63) is 29.8 Å². The van der Waals surface area contributed by atoms with Crippen LogP contribution in [0.4, 0.5) is 5.95 Å². The highest BCUT2D eigenvalue weighted by Gasteiger charge is 2.36. The zero-order valence-electron chi connectivity index (χ0n) is 14.1. The van der Waals surface area contributed by atoms with Crippen molar-refractivity contribution in [2.45, 2.75) is 51.6 Å². The van der Waals surface area contributed by atoms with Crippen LogP contribution in [0.5, 0.6) is 0 Å². The van der Waals surface area contributed by atoms with E-state index in [2.05, 4.69) is 44.3 Å². The molecule has 0 radical (unpaired) electrons. The van der Waals surface area contributed by atoms with Crippen molar-refractivity contribution in [3.8, 4) is 0 Å². The van der Waals surface area contributed by atoms with Gasteiger partial charge in [-0.05, 0) is 20.3 Å². The Morgan fingerprint density at radius 3 is 2.92 bits per heavy atom. The predicted molar refractivity (Wildman–Crippen MR) is 88.3 cm³/mol. The van der Waals surface area contributed by atoms with Gasteiger partial charge in [-0.1, -0.05) is 5.21 Å². The SMILES string of the molecule is CC(C)Nc1ncc(CN2CC[C@@H]3[C@@H](C2)OCc2cnnn23)cn1. The topological polar surface area (TPSA) is 81.0 Å². The van der Waals surface area contributed by atoms with E-state index in [4.69, 9.17) is 4.74 Å². The van der Waals surface area contributed by atoms with Gasteiger partial charge in [-0.2, -0.15) is 0 Å². The van der Waals surface area contributed by atoms with Crippen molar-refractivity contribution in [2.24, 2.45) is 0 Å². The highest BCUT2D eigenvalue weighted by molar-refractivity contribution is 5.25. The van der Waals surface area contributed by atoms with E-state index in [1.807, 2.05) is 17.1 Å². The Morgan fingerprint density at radius 2 is 2.12 bits per heavy atom. The summed E-state index contributed by atoms with van der Waals surface area (Å²) in [4.78, 5) is 11.2. The average molecular weight is 329 g/mol. The summed E-state index contributed by atoms with van der Waals surface area (Å²) in [5.74, 6) is 0.682. The third-order valence-corrected chi connectivity index (χ3v) is 4.55. The summed E-state index contributed by atoms with van der Waals surface area (Å²) in [5.41, 5.74) is 2.20. The molecule has 8 nitrogen and oxygen atoms in total. The van der Waals surface area contributed by atoms with Gasteiger partial charge in [0.15, 0.2) is 0 Å². The van der Waals surface area contributed by atoms with Crippen LogP contribution in [0.25, 0.3) is 0 Å². The van der Waals surface area contributed by atoms with Gasteiger partial charge in [-0.25, -0.2) is 14.6 Å². The average Bonchev–Trinajstić information content (AvgIpc) is 3.05. The fourth-order valence-electron chi connectivity index (χ4n) is 3.42. The molecule has 2 aromatic heterocycles. The van der Waals surface area contributed by atoms with Crippen molar-refractivity contribution in [2.75, 3.05) is 18.4 Å². The molecule has 0 unspecified atom stereocenters. The molecule has 2 atom stereocenters. The first-order chi connectivity index (χ1) is 11.7. The van der Waals surface area contributed by atoms with Crippen molar-refractivity contribution >= 4 is 5.95 Å². The normalized spacial score (nSPS) is 23.8. The minimum absolute atomic E-state index is 0.177. The second-order valence-electron chi connectivity index (χ2n) is 6.82. The van der Waals surface area contributed by atoms with Crippen LogP contribution in [0.1, 0.15) is 37.6 Å². The molecular formula is C16H23N7O. The van der Waals surface area contributed by atoms with E-state index >= 15 is 0 Å². The first-order valence-corrected chi connectivity index (χ1v) is 8.49. The summed E-state index contributed by atoms with van der Waals surface area (Å²) in [6.45, 7) is 7.50. The van der Waals surface area contributed by atoms with Gasteiger partial charge >= 0.3 is 0 Å². The zero-order valence-corrected chi connectivity index (χ0v) is 14.1. The molecule has 4 rings (SSSR count). The molecule has 1 fully saturated rings. The molecule has 4 heterocycles. The first kappa shape index (κ1) is 15.5. The van der Waals surface area contributed by atoms with Crippen LogP contribution >= 0.6 is 0 Å². The fourth-order valence-corrected chi connectivity index (χ4v) is 3.42. The van der Waals surface area contributed by atoms with Crippen LogP contribution in [0.3, 0.4) is 0 Å². The second kappa shape index (κ2) is 6.45. The van der Waals surface area contributed by atoms with Crippen LogP contribution in [0.15, 0.2) is 18.6 Å². The molecule has 0 saturated carbocycles. The number of aromatic nitrogens is 5. The van der Waals surface area contributed by atoms with Crippen molar-refractivity contribution in [1.29, 1.82) is 0 Å². The molecule has 8 heteroatoms. The summed E-state index contributed by atoms with van der Waals surface area (Å²) in [6, 6.07) is 0.640. The molecule has 2 aliphatic heterocycles. The van der Waals surface area contributed by atoms with E-state index in [1.54, 1.807) is 6.20 Å². The number of rotatable bonds is 4. The molecular weight excluding hydrogens is 306 g/mol. The van der Waals surface area contributed by atoms with Crippen LogP contribution in [-0.4, -0.2) is 55.1 Å². The number of ether oxygens (including phenoxy) is 1. The Bertz CT molecular complexity index is 684. The quantitative estimate of drug-likeness (QED) is 0.903. The number of nitrogens with one attached hydrogen (secondary N) is 1. The Balaban J connectivity index is 1.38. The Labute approximate surface area is 141 Å². The molecule has 128 valence electrons. The second-order valence-corrected chi connectivity index (χ2v) is 6.82. The molecule has 0 bridgehead atoms. The minimum Gasteiger partial charge on any atom is -0.368 e. The minimum atomic E-state index is 0.177. The van der Waals surface area contributed by atoms with E-state index in [-0.39, 0.29) is 6.10 Å². The number of hydrogen-bond acceptors (Lipinski definition) is 7. The summed E-state index contributed by atoms with van der Waals surface area (Å²) in [6.07, 6.45) is 6.81. The molecule has 0 aromatic carbocycles. The van der Waals surface area contributed by atoms with Gasteiger partial charge < -0.3 is 10.1 Å². The van der Waals surface area contributed by atoms with Gasteiger partial charge in [-0.3, -0.25) is 4.90 Å². The number of likely N-dealkylation sites (tertiary alicyclic amines) is 1. The van der Waals surface area contributed by atoms with Gasteiger partial charge in [0.2, 0.25) is 5.95 Å². The lowest BCUT2D eigenvalue weighted by Gasteiger charge is -2.40. The summed E-state index contributed by atoms with van der Waals surface area (Å²) >= 11 is 0. The first-order valence-electron chi connectivity index (χ1n) is 8.49. The third-order valence-electron chi connectivity index (χ3n) is 4.55. The van der Waals surface area contributed by atoms with E-state index in [0.29, 0.717) is 24.6 Å². The summed E-state index contributed by atoms with van der Waals surface area (Å²) in [7, 11) is 0. The summed E-state index contributed by atoms with van der Waals surface area (Å²) < 4.78 is 8.06. The number of piperidine rings is 1. The Kier molecular flexibility index (Phi) is 4.15. The lowest BCUT2D eigenvalue weighted by molar-refractivity contribution is -0.0704. The van der Waals surface area contributed by atoms with Crippen LogP contribution < -0.4 is 5.32 Å². The van der Waals surface area contributed by atoms with Crippen molar-refractivity contribution < 1.29 is 4.74 Å². The maximum Gasteiger partial charge on any atom is 0.222 e. The zero-order chi connectivity index (χ0) is 16.5. The predicted octanol–water partition coefficient (Wildman–Crippen LogP) is 1.23. The van der Waals surface area contributed by atoms with Gasteiger partial charge in [0.1, 0.15) is 0 Å². The fraction of sp³-hybridized carbons (Fsp3) is 0.625. The van der Waals surface area contributed by atoms with E-state index in [9.17, 15) is 0 Å². The lowest BCUT2D eigenvalue weighted by atomic mass is 10.00.